The number of ether oxygens (including phenoxy) is 2. The minimum Gasteiger partial charge on any atom is -0.444 e. The molecule has 0 unspecified atom stereocenters. The van der Waals surface area contributed by atoms with E-state index >= 15 is 0 Å². The Bertz CT molecular complexity index is 1460. The SMILES string of the molecule is CCCNc1ncc2c(-c3ccc(CN4CCN(CCOC5CN(C(=O)OC(C)(C)C)C5)CC4)cc3)cn([C@H]3CC[C@H](O)CC3)c2n1. The van der Waals surface area contributed by atoms with Crippen molar-refractivity contribution in [3.8, 4) is 11.1 Å². The summed E-state index contributed by atoms with van der Waals surface area (Å²) in [6.07, 6.45) is 8.49. The number of fused-ring (bicyclic) bond motifs is 1. The molecule has 0 spiro atoms. The van der Waals surface area contributed by atoms with Crippen molar-refractivity contribution in [2.45, 2.75) is 90.2 Å². The number of carbonyl (C=O) groups is 1. The Morgan fingerprint density at radius 1 is 1.02 bits per heavy atom. The number of likely N-dealkylation sites (tertiary alicyclic amines) is 1. The molecular formula is C36H53N7O4. The molecule has 47 heavy (non-hydrogen) atoms. The Labute approximate surface area is 279 Å². The molecule has 2 N–H and O–H groups in total. The quantitative estimate of drug-likeness (QED) is 0.292. The van der Waals surface area contributed by atoms with Crippen LogP contribution < -0.4 is 5.32 Å². The lowest BCUT2D eigenvalue weighted by Crippen LogP contribution is -2.56. The predicted molar refractivity (Wildman–Crippen MR) is 185 cm³/mol. The van der Waals surface area contributed by atoms with E-state index in [9.17, 15) is 9.90 Å². The third kappa shape index (κ3) is 8.62. The molecule has 2 aromatic heterocycles. The number of hydrogen-bond acceptors (Lipinski definition) is 9. The number of amides is 1. The molecule has 3 aromatic rings. The van der Waals surface area contributed by atoms with Crippen molar-refractivity contribution >= 4 is 23.1 Å². The second kappa shape index (κ2) is 14.9. The van der Waals surface area contributed by atoms with Crippen LogP contribution in [0, 0.1) is 0 Å². The lowest BCUT2D eigenvalue weighted by atomic mass is 9.93. The van der Waals surface area contributed by atoms with E-state index in [0.29, 0.717) is 31.7 Å². The van der Waals surface area contributed by atoms with Crippen molar-refractivity contribution in [1.82, 2.24) is 29.2 Å². The van der Waals surface area contributed by atoms with Crippen LogP contribution in [0.4, 0.5) is 10.7 Å². The average molecular weight is 648 g/mol. The summed E-state index contributed by atoms with van der Waals surface area (Å²) < 4.78 is 13.8. The highest BCUT2D eigenvalue weighted by molar-refractivity contribution is 5.94. The van der Waals surface area contributed by atoms with Gasteiger partial charge in [-0.3, -0.25) is 9.80 Å². The molecule has 3 aliphatic rings. The first kappa shape index (κ1) is 33.6. The van der Waals surface area contributed by atoms with Gasteiger partial charge in [0.1, 0.15) is 11.2 Å². The van der Waals surface area contributed by atoms with Crippen LogP contribution in [0.2, 0.25) is 0 Å². The standard InChI is InChI=1S/C36H53N7O4/c1-5-14-37-34-38-21-31-32(25-43(33(31)39-34)28-10-12-29(44)13-11-28)27-8-6-26(7-9-27)22-41-17-15-40(16-18-41)19-20-46-30-23-42(24-30)35(45)47-36(2,3)4/h6-9,21,25,28-30,44H,5,10-20,22-24H2,1-4H3,(H,37,38,39)/t28-,29-. The topological polar surface area (TPSA) is 108 Å². The molecule has 1 aromatic carbocycles. The van der Waals surface area contributed by atoms with Gasteiger partial charge >= 0.3 is 6.09 Å². The van der Waals surface area contributed by atoms with E-state index < -0.39 is 5.60 Å². The van der Waals surface area contributed by atoms with Gasteiger partial charge in [-0.15, -0.1) is 0 Å². The number of carbonyl (C=O) groups excluding carboxylic acids is 1. The summed E-state index contributed by atoms with van der Waals surface area (Å²) in [6.45, 7) is 16.5. The van der Waals surface area contributed by atoms with E-state index in [2.05, 4.69) is 62.1 Å². The normalized spacial score (nSPS) is 21.6. The summed E-state index contributed by atoms with van der Waals surface area (Å²) in [7, 11) is 0. The van der Waals surface area contributed by atoms with Crippen LogP contribution in [0.15, 0.2) is 36.7 Å². The van der Waals surface area contributed by atoms with E-state index in [1.54, 1.807) is 4.90 Å². The van der Waals surface area contributed by atoms with Gasteiger partial charge in [0.15, 0.2) is 0 Å². The molecule has 3 fully saturated rings. The molecule has 0 radical (unpaired) electrons. The van der Waals surface area contributed by atoms with Crippen molar-refractivity contribution in [2.75, 3.05) is 64.3 Å². The number of aliphatic hydroxyl groups is 1. The number of aromatic nitrogens is 3. The lowest BCUT2D eigenvalue weighted by molar-refractivity contribution is -0.0678. The molecule has 1 saturated carbocycles. The van der Waals surface area contributed by atoms with Gasteiger partial charge in [0, 0.05) is 75.2 Å². The molecule has 11 nitrogen and oxygen atoms in total. The summed E-state index contributed by atoms with van der Waals surface area (Å²) in [6, 6.07) is 9.32. The van der Waals surface area contributed by atoms with E-state index in [0.717, 1.165) is 94.5 Å². The average Bonchev–Trinajstić information content (AvgIpc) is 3.40. The third-order valence-electron chi connectivity index (χ3n) is 9.56. The first-order chi connectivity index (χ1) is 22.6. The third-order valence-corrected chi connectivity index (χ3v) is 9.56. The van der Waals surface area contributed by atoms with E-state index in [1.165, 1.54) is 11.1 Å². The highest BCUT2D eigenvalue weighted by Crippen LogP contribution is 2.37. The fourth-order valence-corrected chi connectivity index (χ4v) is 6.78. The van der Waals surface area contributed by atoms with Crippen LogP contribution in [-0.2, 0) is 16.0 Å². The van der Waals surface area contributed by atoms with Gasteiger partial charge in [0.2, 0.25) is 5.95 Å². The Kier molecular flexibility index (Phi) is 10.7. The van der Waals surface area contributed by atoms with Crippen LogP contribution in [0.5, 0.6) is 0 Å². The number of hydrogen-bond donors (Lipinski definition) is 2. The molecule has 1 amide bonds. The largest absolute Gasteiger partial charge is 0.444 e. The van der Waals surface area contributed by atoms with Gasteiger partial charge in [0.25, 0.3) is 0 Å². The smallest absolute Gasteiger partial charge is 0.410 e. The summed E-state index contributed by atoms with van der Waals surface area (Å²) in [5.74, 6) is 0.675. The van der Waals surface area contributed by atoms with Gasteiger partial charge in [-0.2, -0.15) is 4.98 Å². The molecule has 2 aliphatic heterocycles. The highest BCUT2D eigenvalue weighted by Gasteiger charge is 2.34. The number of rotatable bonds is 11. The summed E-state index contributed by atoms with van der Waals surface area (Å²) >= 11 is 0. The molecular weight excluding hydrogens is 594 g/mol. The Hall–Kier alpha value is -3.25. The van der Waals surface area contributed by atoms with E-state index in [4.69, 9.17) is 14.5 Å². The summed E-state index contributed by atoms with van der Waals surface area (Å²) in [5, 5.41) is 14.5. The van der Waals surface area contributed by atoms with Gasteiger partial charge in [-0.05, 0) is 64.0 Å². The number of piperazine rings is 1. The molecule has 4 heterocycles. The number of nitrogens with zero attached hydrogens (tertiary/aromatic N) is 6. The second-order valence-electron chi connectivity index (χ2n) is 14.5. The van der Waals surface area contributed by atoms with Crippen molar-refractivity contribution in [2.24, 2.45) is 0 Å². The minimum absolute atomic E-state index is 0.109. The van der Waals surface area contributed by atoms with Crippen LogP contribution in [0.1, 0.15) is 71.4 Å². The zero-order valence-electron chi connectivity index (χ0n) is 28.7. The van der Waals surface area contributed by atoms with E-state index in [-0.39, 0.29) is 18.3 Å². The number of anilines is 1. The molecule has 2 saturated heterocycles. The Morgan fingerprint density at radius 2 is 1.72 bits per heavy atom. The number of benzene rings is 1. The molecule has 1 aliphatic carbocycles. The molecule has 256 valence electrons. The van der Waals surface area contributed by atoms with Gasteiger partial charge < -0.3 is 29.4 Å². The number of nitrogens with one attached hydrogen (secondary N) is 1. The van der Waals surface area contributed by atoms with Crippen molar-refractivity contribution in [1.29, 1.82) is 0 Å². The summed E-state index contributed by atoms with van der Waals surface area (Å²) in [5.41, 5.74) is 4.16. The minimum atomic E-state index is -0.467. The van der Waals surface area contributed by atoms with Crippen molar-refractivity contribution in [3.05, 3.63) is 42.2 Å². The maximum atomic E-state index is 12.1. The Morgan fingerprint density at radius 3 is 2.40 bits per heavy atom. The molecule has 11 heteroatoms. The molecule has 0 atom stereocenters. The van der Waals surface area contributed by atoms with Crippen LogP contribution in [0.25, 0.3) is 22.2 Å². The predicted octanol–water partition coefficient (Wildman–Crippen LogP) is 5.15. The first-order valence-corrected chi connectivity index (χ1v) is 17.6. The fraction of sp³-hybridized carbons (Fsp3) is 0.639. The molecule has 0 bridgehead atoms. The van der Waals surface area contributed by atoms with Crippen LogP contribution in [-0.4, -0.2) is 117 Å². The van der Waals surface area contributed by atoms with Crippen LogP contribution in [0.3, 0.4) is 0 Å². The zero-order valence-corrected chi connectivity index (χ0v) is 28.7. The van der Waals surface area contributed by atoms with Crippen molar-refractivity contribution < 1.29 is 19.4 Å². The highest BCUT2D eigenvalue weighted by atomic mass is 16.6. The fourth-order valence-electron chi connectivity index (χ4n) is 6.78. The van der Waals surface area contributed by atoms with E-state index in [1.807, 2.05) is 27.0 Å². The first-order valence-electron chi connectivity index (χ1n) is 17.6. The monoisotopic (exact) mass is 647 g/mol. The van der Waals surface area contributed by atoms with Crippen LogP contribution >= 0.6 is 0 Å². The zero-order chi connectivity index (χ0) is 33.0. The van der Waals surface area contributed by atoms with Gasteiger partial charge in [-0.1, -0.05) is 31.2 Å². The van der Waals surface area contributed by atoms with Crippen molar-refractivity contribution in [3.63, 3.8) is 0 Å². The summed E-state index contributed by atoms with van der Waals surface area (Å²) in [4.78, 5) is 28.4. The van der Waals surface area contributed by atoms with Gasteiger partial charge in [0.05, 0.1) is 31.9 Å². The maximum absolute atomic E-state index is 12.1. The maximum Gasteiger partial charge on any atom is 0.410 e. The Balaban J connectivity index is 0.992. The second-order valence-corrected chi connectivity index (χ2v) is 14.5. The lowest BCUT2D eigenvalue weighted by Gasteiger charge is -2.40. The van der Waals surface area contributed by atoms with Gasteiger partial charge in [-0.25, -0.2) is 9.78 Å². The number of aliphatic hydroxyl groups excluding tert-OH is 1. The molecule has 6 rings (SSSR count).